The lowest BCUT2D eigenvalue weighted by molar-refractivity contribution is 0.587. The molecule has 0 saturated carbocycles. The van der Waals surface area contributed by atoms with E-state index in [0.29, 0.717) is 0 Å². The van der Waals surface area contributed by atoms with Crippen molar-refractivity contribution in [1.29, 1.82) is 0 Å². The van der Waals surface area contributed by atoms with E-state index < -0.39 is 0 Å². The van der Waals surface area contributed by atoms with Crippen LogP contribution in [0.25, 0.3) is 45.7 Å². The van der Waals surface area contributed by atoms with Gasteiger partial charge in [0.25, 0.3) is 0 Å². The van der Waals surface area contributed by atoms with Crippen LogP contribution in [0.3, 0.4) is 0 Å². The molecular weight excluding hydrogens is 641 g/mol. The molecule has 2 heteroatoms. The van der Waals surface area contributed by atoms with E-state index in [1.165, 1.54) is 72.3 Å². The molecule has 0 spiro atoms. The lowest BCUT2D eigenvalue weighted by Gasteiger charge is -2.22. The van der Waals surface area contributed by atoms with E-state index in [4.69, 9.17) is 0 Å². The van der Waals surface area contributed by atoms with Crippen molar-refractivity contribution in [2.24, 2.45) is 7.05 Å². The number of nitrogens with zero attached hydrogens (tertiary/aromatic N) is 2. The van der Waals surface area contributed by atoms with Gasteiger partial charge in [0, 0.05) is 52.3 Å². The molecule has 7 rings (SSSR count). The van der Waals surface area contributed by atoms with E-state index in [1.807, 2.05) is 32.9 Å². The second-order valence-corrected chi connectivity index (χ2v) is 16.1. The van der Waals surface area contributed by atoms with Gasteiger partial charge < -0.3 is 9.13 Å². The SMILES string of the molecule is C/C=C\C=C(C)C.CC.CC(C)(C)c1ccc2c(c1)c1c(n2-c2ccccc2)C=CCC=C1.Cc1cc2c(cc1C(C)(C)C)c1c(n2C)CC=CC=C1. The normalized spacial score (nSPS) is 13.2. The Morgan fingerprint density at radius 1 is 0.717 bits per heavy atom. The first-order valence-corrected chi connectivity index (χ1v) is 19.5. The summed E-state index contributed by atoms with van der Waals surface area (Å²) >= 11 is 0. The van der Waals surface area contributed by atoms with Crippen LogP contribution in [0, 0.1) is 6.92 Å². The zero-order valence-corrected chi connectivity index (χ0v) is 34.9. The lowest BCUT2D eigenvalue weighted by atomic mass is 9.83. The highest BCUT2D eigenvalue weighted by atomic mass is 15.0. The zero-order chi connectivity index (χ0) is 38.9. The fraction of sp³-hybridized carbons (Fsp3) is 0.333. The summed E-state index contributed by atoms with van der Waals surface area (Å²) in [6, 6.07) is 22.3. The molecule has 0 radical (unpaired) electrons. The first-order valence-electron chi connectivity index (χ1n) is 19.5. The Labute approximate surface area is 321 Å². The van der Waals surface area contributed by atoms with Crippen LogP contribution in [-0.4, -0.2) is 9.13 Å². The van der Waals surface area contributed by atoms with Crippen molar-refractivity contribution in [3.8, 4) is 5.69 Å². The number of aromatic nitrogens is 2. The predicted octanol–water partition coefficient (Wildman–Crippen LogP) is 14.8. The highest BCUT2D eigenvalue weighted by Gasteiger charge is 2.22. The first-order chi connectivity index (χ1) is 25.2. The van der Waals surface area contributed by atoms with Crippen molar-refractivity contribution in [2.75, 3.05) is 0 Å². The minimum absolute atomic E-state index is 0.153. The van der Waals surface area contributed by atoms with Crippen molar-refractivity contribution < 1.29 is 0 Å². The molecular formula is C51H64N2. The highest BCUT2D eigenvalue weighted by molar-refractivity contribution is 5.96. The van der Waals surface area contributed by atoms with E-state index in [2.05, 4.69) is 194 Å². The van der Waals surface area contributed by atoms with Gasteiger partial charge in [0.2, 0.25) is 0 Å². The van der Waals surface area contributed by atoms with Crippen molar-refractivity contribution >= 4 is 40.0 Å². The number of fused-ring (bicyclic) bond motifs is 6. The second kappa shape index (κ2) is 17.8. The summed E-state index contributed by atoms with van der Waals surface area (Å²) in [5, 5.41) is 2.72. The molecule has 0 bridgehead atoms. The highest BCUT2D eigenvalue weighted by Crippen LogP contribution is 2.37. The van der Waals surface area contributed by atoms with Crippen molar-refractivity contribution in [2.45, 2.75) is 107 Å². The third kappa shape index (κ3) is 9.60. The minimum Gasteiger partial charge on any atom is -0.347 e. The number of aryl methyl sites for hydroxylation is 2. The fourth-order valence-electron chi connectivity index (χ4n) is 7.05. The van der Waals surface area contributed by atoms with Crippen LogP contribution < -0.4 is 0 Å². The molecule has 5 aromatic rings. The number of allylic oxidation sites excluding steroid dienone is 9. The maximum absolute atomic E-state index is 2.40. The molecule has 2 aliphatic rings. The Kier molecular flexibility index (Phi) is 13.8. The van der Waals surface area contributed by atoms with E-state index in [-0.39, 0.29) is 10.8 Å². The van der Waals surface area contributed by atoms with Gasteiger partial charge in [0.05, 0.1) is 11.2 Å². The van der Waals surface area contributed by atoms with E-state index in [1.54, 1.807) is 0 Å². The molecule has 0 atom stereocenters. The molecule has 0 N–H and O–H groups in total. The van der Waals surface area contributed by atoms with Crippen molar-refractivity contribution in [1.82, 2.24) is 9.13 Å². The summed E-state index contributed by atoms with van der Waals surface area (Å²) in [6.07, 6.45) is 26.0. The Bertz CT molecular complexity index is 2180. The number of rotatable bonds is 2. The van der Waals surface area contributed by atoms with Gasteiger partial charge in [-0.1, -0.05) is 146 Å². The Morgan fingerprint density at radius 2 is 1.40 bits per heavy atom. The molecule has 3 aromatic carbocycles. The maximum atomic E-state index is 2.40. The molecule has 0 unspecified atom stereocenters. The molecule has 278 valence electrons. The second-order valence-electron chi connectivity index (χ2n) is 16.1. The molecule has 0 saturated heterocycles. The maximum Gasteiger partial charge on any atom is 0.0541 e. The van der Waals surface area contributed by atoms with E-state index in [0.717, 1.165) is 12.8 Å². The molecule has 2 heterocycles. The van der Waals surface area contributed by atoms with E-state index in [9.17, 15) is 0 Å². The standard InChI is InChI=1S/C23H23N.C19H23N.C7H12.C2H6/c1-23(2,3)17-14-15-22-20(16-17)19-12-8-5-9-13-21(19)24(22)18-10-6-4-7-11-18;1-13-11-18-15(12-16(13)19(2,3)4)14-9-7-6-8-10-17(14)20(18)5;1-4-5-6-7(2)3;1-2/h4,6-16H,5H2,1-3H3;6-9,11-12H,10H2,1-5H3;4-6H,1-3H3;1-2H3/b;;5-4-;. The van der Waals surface area contributed by atoms with Crippen LogP contribution >= 0.6 is 0 Å². The Balaban J connectivity index is 0.000000196. The smallest absolute Gasteiger partial charge is 0.0541 e. The quantitative estimate of drug-likeness (QED) is 0.162. The molecule has 0 aliphatic heterocycles. The third-order valence-corrected chi connectivity index (χ3v) is 9.72. The number of hydrogen-bond donors (Lipinski definition) is 0. The monoisotopic (exact) mass is 705 g/mol. The van der Waals surface area contributed by atoms with Gasteiger partial charge in [-0.15, -0.1) is 0 Å². The van der Waals surface area contributed by atoms with Gasteiger partial charge in [-0.3, -0.25) is 0 Å². The molecule has 53 heavy (non-hydrogen) atoms. The molecule has 0 fully saturated rings. The topological polar surface area (TPSA) is 9.86 Å². The van der Waals surface area contributed by atoms with Gasteiger partial charge in [0.15, 0.2) is 0 Å². The summed E-state index contributed by atoms with van der Waals surface area (Å²) in [5.41, 5.74) is 15.1. The van der Waals surface area contributed by atoms with Gasteiger partial charge in [-0.25, -0.2) is 0 Å². The molecule has 2 nitrogen and oxygen atoms in total. The van der Waals surface area contributed by atoms with E-state index >= 15 is 0 Å². The van der Waals surface area contributed by atoms with Crippen LogP contribution in [0.5, 0.6) is 0 Å². The Morgan fingerprint density at radius 3 is 2.02 bits per heavy atom. The number of hydrogen-bond acceptors (Lipinski definition) is 0. The van der Waals surface area contributed by atoms with Crippen molar-refractivity contribution in [3.05, 3.63) is 154 Å². The van der Waals surface area contributed by atoms with Gasteiger partial charge in [0.1, 0.15) is 0 Å². The minimum atomic E-state index is 0.153. The number of para-hydroxylation sites is 1. The summed E-state index contributed by atoms with van der Waals surface area (Å²) in [4.78, 5) is 0. The van der Waals surface area contributed by atoms with Gasteiger partial charge >= 0.3 is 0 Å². The zero-order valence-electron chi connectivity index (χ0n) is 34.9. The summed E-state index contributed by atoms with van der Waals surface area (Å²) in [6.45, 7) is 26.1. The van der Waals surface area contributed by atoms with Crippen LogP contribution in [0.1, 0.15) is 122 Å². The van der Waals surface area contributed by atoms with Crippen LogP contribution in [0.4, 0.5) is 0 Å². The average Bonchev–Trinajstić information content (AvgIpc) is 3.31. The Hall–Kier alpha value is -4.82. The third-order valence-electron chi connectivity index (χ3n) is 9.72. The first kappa shape index (κ1) is 40.9. The molecule has 2 aromatic heterocycles. The fourth-order valence-corrected chi connectivity index (χ4v) is 7.05. The van der Waals surface area contributed by atoms with Crippen LogP contribution in [0.2, 0.25) is 0 Å². The van der Waals surface area contributed by atoms with Crippen LogP contribution in [0.15, 0.2) is 115 Å². The molecule has 0 amide bonds. The summed E-state index contributed by atoms with van der Waals surface area (Å²) in [7, 11) is 2.18. The largest absolute Gasteiger partial charge is 0.347 e. The molecule has 2 aliphatic carbocycles. The van der Waals surface area contributed by atoms with Crippen LogP contribution in [-0.2, 0) is 24.3 Å². The van der Waals surface area contributed by atoms with Gasteiger partial charge in [-0.2, -0.15) is 0 Å². The predicted molar refractivity (Wildman–Crippen MR) is 238 cm³/mol. The summed E-state index contributed by atoms with van der Waals surface area (Å²) < 4.78 is 4.73. The van der Waals surface area contributed by atoms with Gasteiger partial charge in [-0.05, 0) is 104 Å². The lowest BCUT2D eigenvalue weighted by Crippen LogP contribution is -2.13. The van der Waals surface area contributed by atoms with Crippen molar-refractivity contribution in [3.63, 3.8) is 0 Å². The summed E-state index contributed by atoms with van der Waals surface area (Å²) in [5.74, 6) is 0. The average molecular weight is 705 g/mol. The number of benzene rings is 3.